The lowest BCUT2D eigenvalue weighted by Crippen LogP contribution is -2.37. The third-order valence-electron chi connectivity index (χ3n) is 6.25. The second kappa shape index (κ2) is 6.11. The van der Waals surface area contributed by atoms with E-state index in [-0.39, 0.29) is 23.5 Å². The molecule has 4 heteroatoms. The van der Waals surface area contributed by atoms with E-state index in [1.807, 2.05) is 12.1 Å². The highest BCUT2D eigenvalue weighted by Crippen LogP contribution is 2.57. The van der Waals surface area contributed by atoms with Crippen molar-refractivity contribution in [2.24, 2.45) is 5.41 Å². The van der Waals surface area contributed by atoms with Crippen LogP contribution in [0.2, 0.25) is 0 Å². The molecule has 0 saturated heterocycles. The Morgan fingerprint density at radius 3 is 2.62 bits per heavy atom. The first-order chi connectivity index (χ1) is 12.4. The molecule has 2 aliphatic carbocycles. The second-order valence-corrected chi connectivity index (χ2v) is 7.84. The minimum Gasteiger partial charge on any atom is -0.462 e. The topological polar surface area (TPSA) is 52.6 Å². The van der Waals surface area contributed by atoms with E-state index in [9.17, 15) is 9.59 Å². The second-order valence-electron chi connectivity index (χ2n) is 7.84. The van der Waals surface area contributed by atoms with Crippen LogP contribution in [0.1, 0.15) is 57.1 Å². The Balaban J connectivity index is 1.73. The number of hydrogen-bond acceptors (Lipinski definition) is 4. The SMILES string of the molecule is CC(=O)Oc1ccc2c3c(ccc2c1)C1CCC(OC(C)=O)C1(C)CC3. The number of carbonyl (C=O) groups excluding carboxylic acids is 2. The van der Waals surface area contributed by atoms with Gasteiger partial charge in [0, 0.05) is 19.3 Å². The molecule has 0 amide bonds. The maximum Gasteiger partial charge on any atom is 0.308 e. The summed E-state index contributed by atoms with van der Waals surface area (Å²) in [6.45, 7) is 5.19. The van der Waals surface area contributed by atoms with Crippen LogP contribution in [-0.4, -0.2) is 18.0 Å². The van der Waals surface area contributed by atoms with Gasteiger partial charge in [-0.25, -0.2) is 0 Å². The fourth-order valence-electron chi connectivity index (χ4n) is 5.06. The van der Waals surface area contributed by atoms with Crippen LogP contribution in [0.15, 0.2) is 30.3 Å². The van der Waals surface area contributed by atoms with Gasteiger partial charge in [-0.3, -0.25) is 9.59 Å². The summed E-state index contributed by atoms with van der Waals surface area (Å²) in [5.41, 5.74) is 2.80. The van der Waals surface area contributed by atoms with E-state index in [1.54, 1.807) is 0 Å². The fraction of sp³-hybridized carbons (Fsp3) is 0.455. The molecule has 0 aliphatic heterocycles. The molecule has 0 spiro atoms. The van der Waals surface area contributed by atoms with Gasteiger partial charge in [0.2, 0.25) is 0 Å². The Kier molecular flexibility index (Phi) is 4.02. The monoisotopic (exact) mass is 352 g/mol. The Hall–Kier alpha value is -2.36. The third kappa shape index (κ3) is 2.68. The molecule has 1 fully saturated rings. The quantitative estimate of drug-likeness (QED) is 0.589. The molecule has 3 atom stereocenters. The van der Waals surface area contributed by atoms with Crippen molar-refractivity contribution in [3.63, 3.8) is 0 Å². The predicted octanol–water partition coefficient (Wildman–Crippen LogP) is 4.53. The summed E-state index contributed by atoms with van der Waals surface area (Å²) in [7, 11) is 0. The molecule has 0 heterocycles. The highest BCUT2D eigenvalue weighted by molar-refractivity contribution is 5.89. The summed E-state index contributed by atoms with van der Waals surface area (Å²) in [5.74, 6) is 0.522. The zero-order valence-electron chi connectivity index (χ0n) is 15.5. The number of esters is 2. The number of rotatable bonds is 2. The van der Waals surface area contributed by atoms with E-state index in [0.717, 1.165) is 31.1 Å². The zero-order chi connectivity index (χ0) is 18.5. The fourth-order valence-corrected chi connectivity index (χ4v) is 5.06. The number of ether oxygens (including phenoxy) is 2. The van der Waals surface area contributed by atoms with Crippen molar-refractivity contribution in [1.82, 2.24) is 0 Å². The molecule has 0 aromatic heterocycles. The molecule has 0 N–H and O–H groups in total. The van der Waals surface area contributed by atoms with Crippen molar-refractivity contribution in [2.45, 2.75) is 58.5 Å². The van der Waals surface area contributed by atoms with Crippen LogP contribution in [0.5, 0.6) is 5.75 Å². The maximum atomic E-state index is 11.5. The summed E-state index contributed by atoms with van der Waals surface area (Å²) >= 11 is 0. The van der Waals surface area contributed by atoms with Gasteiger partial charge in [0.25, 0.3) is 0 Å². The Labute approximate surface area is 153 Å². The van der Waals surface area contributed by atoms with Crippen LogP contribution in [0.25, 0.3) is 10.8 Å². The van der Waals surface area contributed by atoms with E-state index in [0.29, 0.717) is 11.7 Å². The van der Waals surface area contributed by atoms with E-state index in [1.165, 1.54) is 30.4 Å². The summed E-state index contributed by atoms with van der Waals surface area (Å²) in [6, 6.07) is 10.2. The molecule has 2 aromatic carbocycles. The van der Waals surface area contributed by atoms with Crippen LogP contribution in [0, 0.1) is 5.41 Å². The van der Waals surface area contributed by atoms with Crippen molar-refractivity contribution in [2.75, 3.05) is 0 Å². The largest absolute Gasteiger partial charge is 0.462 e. The maximum absolute atomic E-state index is 11.5. The lowest BCUT2D eigenvalue weighted by atomic mass is 9.65. The molecule has 0 bridgehead atoms. The van der Waals surface area contributed by atoms with Gasteiger partial charge in [0.1, 0.15) is 11.9 Å². The molecule has 3 unspecified atom stereocenters. The molecule has 136 valence electrons. The third-order valence-corrected chi connectivity index (χ3v) is 6.25. The number of aryl methyl sites for hydroxylation is 1. The Morgan fingerprint density at radius 2 is 1.88 bits per heavy atom. The zero-order valence-corrected chi connectivity index (χ0v) is 15.5. The normalized spacial score (nSPS) is 26.9. The van der Waals surface area contributed by atoms with Gasteiger partial charge in [0.05, 0.1) is 0 Å². The van der Waals surface area contributed by atoms with E-state index in [4.69, 9.17) is 9.47 Å². The van der Waals surface area contributed by atoms with Crippen LogP contribution in [-0.2, 0) is 20.7 Å². The summed E-state index contributed by atoms with van der Waals surface area (Å²) in [5, 5.41) is 2.33. The average molecular weight is 352 g/mol. The first kappa shape index (κ1) is 17.1. The van der Waals surface area contributed by atoms with Gasteiger partial charge in [-0.05, 0) is 65.6 Å². The Bertz CT molecular complexity index is 900. The average Bonchev–Trinajstić information content (AvgIpc) is 2.90. The summed E-state index contributed by atoms with van der Waals surface area (Å²) < 4.78 is 10.9. The van der Waals surface area contributed by atoms with Gasteiger partial charge in [-0.2, -0.15) is 0 Å². The molecule has 2 aromatic rings. The summed E-state index contributed by atoms with van der Waals surface area (Å²) in [4.78, 5) is 22.7. The number of hydrogen-bond donors (Lipinski definition) is 0. The number of fused-ring (bicyclic) bond motifs is 5. The van der Waals surface area contributed by atoms with E-state index >= 15 is 0 Å². The van der Waals surface area contributed by atoms with Crippen molar-refractivity contribution in [3.8, 4) is 5.75 Å². The van der Waals surface area contributed by atoms with Gasteiger partial charge in [-0.15, -0.1) is 0 Å². The minimum atomic E-state index is -0.305. The molecule has 1 saturated carbocycles. The van der Waals surface area contributed by atoms with E-state index < -0.39 is 0 Å². The van der Waals surface area contributed by atoms with Crippen LogP contribution >= 0.6 is 0 Å². The molecule has 4 rings (SSSR count). The molecule has 4 nitrogen and oxygen atoms in total. The number of benzene rings is 2. The smallest absolute Gasteiger partial charge is 0.308 e. The van der Waals surface area contributed by atoms with Gasteiger partial charge >= 0.3 is 11.9 Å². The number of carbonyl (C=O) groups is 2. The standard InChI is InChI=1S/C22H24O4/c1-13(23)25-16-5-7-17-15(12-16)4-6-19-18(17)10-11-22(3)20(19)8-9-21(22)26-14(2)24/h4-7,12,20-21H,8-11H2,1-3H3. The van der Waals surface area contributed by atoms with Crippen molar-refractivity contribution in [3.05, 3.63) is 41.5 Å². The van der Waals surface area contributed by atoms with Crippen molar-refractivity contribution < 1.29 is 19.1 Å². The molecule has 2 aliphatic rings. The molecular weight excluding hydrogens is 328 g/mol. The first-order valence-electron chi connectivity index (χ1n) is 9.29. The highest BCUT2D eigenvalue weighted by Gasteiger charge is 2.51. The minimum absolute atomic E-state index is 0.0141. The van der Waals surface area contributed by atoms with Gasteiger partial charge in [0.15, 0.2) is 0 Å². The van der Waals surface area contributed by atoms with Crippen LogP contribution in [0.4, 0.5) is 0 Å². The van der Waals surface area contributed by atoms with Crippen molar-refractivity contribution in [1.29, 1.82) is 0 Å². The molecule has 0 radical (unpaired) electrons. The highest BCUT2D eigenvalue weighted by atomic mass is 16.5. The molecular formula is C22H24O4. The van der Waals surface area contributed by atoms with E-state index in [2.05, 4.69) is 25.1 Å². The van der Waals surface area contributed by atoms with Gasteiger partial charge < -0.3 is 9.47 Å². The van der Waals surface area contributed by atoms with Crippen LogP contribution in [0.3, 0.4) is 0 Å². The summed E-state index contributed by atoms with van der Waals surface area (Å²) in [6.07, 6.45) is 4.00. The Morgan fingerprint density at radius 1 is 1.08 bits per heavy atom. The van der Waals surface area contributed by atoms with Crippen molar-refractivity contribution >= 4 is 22.7 Å². The lowest BCUT2D eigenvalue weighted by molar-refractivity contribution is -0.152. The molecule has 26 heavy (non-hydrogen) atoms. The lowest BCUT2D eigenvalue weighted by Gasteiger charge is -2.41. The van der Waals surface area contributed by atoms with Gasteiger partial charge in [-0.1, -0.05) is 25.1 Å². The first-order valence-corrected chi connectivity index (χ1v) is 9.29. The van der Waals surface area contributed by atoms with Crippen LogP contribution < -0.4 is 4.74 Å². The predicted molar refractivity (Wildman–Crippen MR) is 99.2 cm³/mol.